The largest absolute Gasteiger partial charge is 0.208 e. The zero-order valence-corrected chi connectivity index (χ0v) is 21.6. The summed E-state index contributed by atoms with van der Waals surface area (Å²) in [5.41, 5.74) is 2.90. The molecule has 0 aliphatic rings. The molecule has 1 heterocycles. The fraction of sp³-hybridized carbons (Fsp3) is 0. The van der Waals surface area contributed by atoms with Gasteiger partial charge in [-0.2, -0.15) is 0 Å². The fourth-order valence-corrected chi connectivity index (χ4v) is 5.80. The molecule has 3 heteroatoms. The Morgan fingerprint density at radius 2 is 0.775 bits per heavy atom. The van der Waals surface area contributed by atoms with Gasteiger partial charge in [0.15, 0.2) is 17.5 Å². The van der Waals surface area contributed by atoms with Gasteiger partial charge in [-0.05, 0) is 49.2 Å². The lowest BCUT2D eigenvalue weighted by Gasteiger charge is -2.14. The molecule has 3 nitrogen and oxygen atoms in total. The van der Waals surface area contributed by atoms with E-state index in [1.165, 1.54) is 43.1 Å². The molecule has 7 aromatic carbocycles. The molecule has 0 saturated heterocycles. The van der Waals surface area contributed by atoms with Crippen molar-refractivity contribution in [3.63, 3.8) is 0 Å². The topological polar surface area (TPSA) is 38.7 Å². The van der Waals surface area contributed by atoms with Gasteiger partial charge in [-0.25, -0.2) is 15.0 Å². The lowest BCUT2D eigenvalue weighted by molar-refractivity contribution is 1.07. The Hall–Kier alpha value is -5.41. The van der Waals surface area contributed by atoms with E-state index in [9.17, 15) is 0 Å². The van der Waals surface area contributed by atoms with E-state index in [0.717, 1.165) is 16.7 Å². The van der Waals surface area contributed by atoms with Gasteiger partial charge in [0.2, 0.25) is 0 Å². The summed E-state index contributed by atoms with van der Waals surface area (Å²) in [7, 11) is 0. The molecule has 0 radical (unpaired) electrons. The number of nitrogens with zero attached hydrogens (tertiary/aromatic N) is 3. The summed E-state index contributed by atoms with van der Waals surface area (Å²) in [6.07, 6.45) is 0. The highest BCUT2D eigenvalue weighted by molar-refractivity contribution is 6.31. The van der Waals surface area contributed by atoms with Crippen LogP contribution < -0.4 is 0 Å². The SMILES string of the molecule is c1ccc(-c2nc(-c3ccccc3)nc(-c3ccc4c(c3)c3ccccc3c3c5ccccc5ccc43)n2)cc1. The summed E-state index contributed by atoms with van der Waals surface area (Å²) in [5.74, 6) is 2.00. The van der Waals surface area contributed by atoms with Gasteiger partial charge in [-0.1, -0.05) is 133 Å². The maximum atomic E-state index is 4.97. The Balaban J connectivity index is 1.42. The number of rotatable bonds is 3. The van der Waals surface area contributed by atoms with Crippen molar-refractivity contribution >= 4 is 43.1 Å². The molecule has 40 heavy (non-hydrogen) atoms. The number of hydrogen-bond donors (Lipinski definition) is 0. The summed E-state index contributed by atoms with van der Waals surface area (Å²) in [6, 6.07) is 48.7. The van der Waals surface area contributed by atoms with Gasteiger partial charge >= 0.3 is 0 Å². The molecule has 0 bridgehead atoms. The van der Waals surface area contributed by atoms with Crippen LogP contribution in [0.4, 0.5) is 0 Å². The van der Waals surface area contributed by atoms with Crippen molar-refractivity contribution in [2.75, 3.05) is 0 Å². The molecule has 0 saturated carbocycles. The van der Waals surface area contributed by atoms with Crippen molar-refractivity contribution in [2.24, 2.45) is 0 Å². The van der Waals surface area contributed by atoms with Crippen LogP contribution in [0.2, 0.25) is 0 Å². The minimum absolute atomic E-state index is 0.664. The fourth-order valence-electron chi connectivity index (χ4n) is 5.80. The van der Waals surface area contributed by atoms with Crippen molar-refractivity contribution in [3.05, 3.63) is 140 Å². The molecule has 8 aromatic rings. The summed E-state index contributed by atoms with van der Waals surface area (Å²) >= 11 is 0. The third-order valence-electron chi connectivity index (χ3n) is 7.68. The Morgan fingerprint density at radius 1 is 0.300 bits per heavy atom. The monoisotopic (exact) mass is 509 g/mol. The van der Waals surface area contributed by atoms with Crippen LogP contribution in [0, 0.1) is 0 Å². The number of benzene rings is 7. The normalized spacial score (nSPS) is 11.5. The first-order valence-electron chi connectivity index (χ1n) is 13.5. The molecular weight excluding hydrogens is 486 g/mol. The number of hydrogen-bond acceptors (Lipinski definition) is 3. The molecule has 0 unspecified atom stereocenters. The van der Waals surface area contributed by atoms with Crippen LogP contribution in [0.5, 0.6) is 0 Å². The molecule has 0 fully saturated rings. The van der Waals surface area contributed by atoms with Crippen molar-refractivity contribution in [2.45, 2.75) is 0 Å². The summed E-state index contributed by atoms with van der Waals surface area (Å²) in [4.78, 5) is 14.8. The van der Waals surface area contributed by atoms with Crippen LogP contribution >= 0.6 is 0 Å². The highest BCUT2D eigenvalue weighted by Crippen LogP contribution is 2.40. The van der Waals surface area contributed by atoms with Crippen LogP contribution in [0.15, 0.2) is 140 Å². The molecule has 0 atom stereocenters. The van der Waals surface area contributed by atoms with Gasteiger partial charge in [0.05, 0.1) is 0 Å². The van der Waals surface area contributed by atoms with Crippen molar-refractivity contribution in [1.29, 1.82) is 0 Å². The molecule has 0 spiro atoms. The molecule has 0 amide bonds. The average molecular weight is 510 g/mol. The Bertz CT molecular complexity index is 2130. The highest BCUT2D eigenvalue weighted by atomic mass is 15.0. The second-order valence-electron chi connectivity index (χ2n) is 10.1. The van der Waals surface area contributed by atoms with Crippen LogP contribution in [0.3, 0.4) is 0 Å². The first-order chi connectivity index (χ1) is 19.8. The van der Waals surface area contributed by atoms with Crippen LogP contribution in [0.25, 0.3) is 77.3 Å². The first-order valence-corrected chi connectivity index (χ1v) is 13.5. The first kappa shape index (κ1) is 22.6. The van der Waals surface area contributed by atoms with E-state index < -0.39 is 0 Å². The second kappa shape index (κ2) is 9.11. The molecule has 0 aliphatic heterocycles. The standard InChI is InChI=1S/C37H23N3/c1-3-12-25(13-4-1)35-38-36(26-14-5-2-6-15-26)40-37(39-35)27-20-21-30-32-22-19-24-11-7-8-16-28(24)34(32)31-18-10-9-17-29(31)33(30)23-27/h1-23H. The minimum Gasteiger partial charge on any atom is -0.208 e. The quantitative estimate of drug-likeness (QED) is 0.223. The minimum atomic E-state index is 0.664. The number of fused-ring (bicyclic) bond motifs is 8. The van der Waals surface area contributed by atoms with Gasteiger partial charge in [-0.15, -0.1) is 0 Å². The highest BCUT2D eigenvalue weighted by Gasteiger charge is 2.15. The molecule has 8 rings (SSSR count). The van der Waals surface area contributed by atoms with Gasteiger partial charge < -0.3 is 0 Å². The van der Waals surface area contributed by atoms with Gasteiger partial charge in [0.1, 0.15) is 0 Å². The zero-order chi connectivity index (χ0) is 26.5. The zero-order valence-electron chi connectivity index (χ0n) is 21.6. The summed E-state index contributed by atoms with van der Waals surface area (Å²) < 4.78 is 0. The lowest BCUT2D eigenvalue weighted by Crippen LogP contribution is -2.00. The molecular formula is C37H23N3. The van der Waals surface area contributed by atoms with E-state index in [1.807, 2.05) is 60.7 Å². The molecule has 186 valence electrons. The second-order valence-corrected chi connectivity index (χ2v) is 10.1. The van der Waals surface area contributed by atoms with E-state index in [-0.39, 0.29) is 0 Å². The third kappa shape index (κ3) is 3.63. The Labute approximate surface area is 231 Å². The van der Waals surface area contributed by atoms with E-state index in [4.69, 9.17) is 15.0 Å². The van der Waals surface area contributed by atoms with Crippen molar-refractivity contribution < 1.29 is 0 Å². The van der Waals surface area contributed by atoms with E-state index >= 15 is 0 Å². The molecule has 0 aliphatic carbocycles. The maximum Gasteiger partial charge on any atom is 0.164 e. The van der Waals surface area contributed by atoms with E-state index in [2.05, 4.69) is 78.9 Å². The predicted molar refractivity (Wildman–Crippen MR) is 166 cm³/mol. The molecule has 0 N–H and O–H groups in total. The van der Waals surface area contributed by atoms with Crippen LogP contribution in [-0.4, -0.2) is 15.0 Å². The van der Waals surface area contributed by atoms with E-state index in [0.29, 0.717) is 17.5 Å². The van der Waals surface area contributed by atoms with Crippen LogP contribution in [-0.2, 0) is 0 Å². The van der Waals surface area contributed by atoms with Crippen LogP contribution in [0.1, 0.15) is 0 Å². The summed E-state index contributed by atoms with van der Waals surface area (Å²) in [6.45, 7) is 0. The van der Waals surface area contributed by atoms with Gasteiger partial charge in [-0.3, -0.25) is 0 Å². The van der Waals surface area contributed by atoms with Crippen molar-refractivity contribution in [1.82, 2.24) is 15.0 Å². The van der Waals surface area contributed by atoms with Gasteiger partial charge in [0, 0.05) is 16.7 Å². The van der Waals surface area contributed by atoms with E-state index in [1.54, 1.807) is 0 Å². The third-order valence-corrected chi connectivity index (χ3v) is 7.68. The lowest BCUT2D eigenvalue weighted by atomic mass is 9.90. The predicted octanol–water partition coefficient (Wildman–Crippen LogP) is 9.49. The summed E-state index contributed by atoms with van der Waals surface area (Å²) in [5, 5.41) is 9.98. The maximum absolute atomic E-state index is 4.97. The van der Waals surface area contributed by atoms with Crippen molar-refractivity contribution in [3.8, 4) is 34.2 Å². The Kier molecular flexibility index (Phi) is 5.14. The molecule has 1 aromatic heterocycles. The smallest absolute Gasteiger partial charge is 0.164 e. The Morgan fingerprint density at radius 3 is 1.45 bits per heavy atom. The average Bonchev–Trinajstić information content (AvgIpc) is 3.05. The van der Waals surface area contributed by atoms with Gasteiger partial charge in [0.25, 0.3) is 0 Å². The number of aromatic nitrogens is 3.